The van der Waals surface area contributed by atoms with Gasteiger partial charge in [0, 0.05) is 36.9 Å². The molecule has 0 spiro atoms. The number of benzene rings is 1. The summed E-state index contributed by atoms with van der Waals surface area (Å²) in [5.41, 5.74) is 0. The van der Waals surface area contributed by atoms with Crippen molar-refractivity contribution >= 4 is 23.5 Å². The van der Waals surface area contributed by atoms with Crippen molar-refractivity contribution in [3.05, 3.63) is 29.3 Å². The second kappa shape index (κ2) is 7.43. The molecule has 1 saturated carbocycles. The van der Waals surface area contributed by atoms with Crippen molar-refractivity contribution in [2.24, 2.45) is 11.8 Å². The Morgan fingerprint density at radius 1 is 1.12 bits per heavy atom. The fraction of sp³-hybridized carbons (Fsp3) is 0.556. The SMILES string of the molecule is O=C(O)[C@@H]1CC[C@H](C(=O)N2CCC(Oc3cccc(Cl)c3)CC2)C1. The number of carboxylic acid groups (broad SMARTS) is 1. The molecular formula is C18H22ClNO4. The molecule has 1 saturated heterocycles. The molecule has 24 heavy (non-hydrogen) atoms. The Bertz CT molecular complexity index is 613. The number of piperidine rings is 1. The van der Waals surface area contributed by atoms with Gasteiger partial charge in [-0.15, -0.1) is 0 Å². The van der Waals surface area contributed by atoms with Crippen LogP contribution in [-0.4, -0.2) is 41.1 Å². The van der Waals surface area contributed by atoms with Crippen LogP contribution >= 0.6 is 11.6 Å². The van der Waals surface area contributed by atoms with Crippen LogP contribution in [-0.2, 0) is 9.59 Å². The maximum Gasteiger partial charge on any atom is 0.306 e. The molecule has 3 rings (SSSR count). The molecule has 0 radical (unpaired) electrons. The molecule has 1 N–H and O–H groups in total. The normalized spacial score (nSPS) is 24.8. The average Bonchev–Trinajstić information content (AvgIpc) is 3.05. The van der Waals surface area contributed by atoms with E-state index in [-0.39, 0.29) is 23.8 Å². The number of likely N-dealkylation sites (tertiary alicyclic amines) is 1. The van der Waals surface area contributed by atoms with Crippen LogP contribution in [0.3, 0.4) is 0 Å². The number of carbonyl (C=O) groups excluding carboxylic acids is 1. The van der Waals surface area contributed by atoms with Crippen molar-refractivity contribution < 1.29 is 19.4 Å². The summed E-state index contributed by atoms with van der Waals surface area (Å²) in [6.45, 7) is 1.33. The predicted molar refractivity (Wildman–Crippen MR) is 90.1 cm³/mol. The monoisotopic (exact) mass is 351 g/mol. The number of halogens is 1. The van der Waals surface area contributed by atoms with Gasteiger partial charge < -0.3 is 14.7 Å². The van der Waals surface area contributed by atoms with Crippen LogP contribution < -0.4 is 4.74 Å². The minimum absolute atomic E-state index is 0.0860. The number of carboxylic acids is 1. The first-order chi connectivity index (χ1) is 11.5. The highest BCUT2D eigenvalue weighted by Gasteiger charge is 2.36. The highest BCUT2D eigenvalue weighted by Crippen LogP contribution is 2.33. The minimum Gasteiger partial charge on any atom is -0.490 e. The summed E-state index contributed by atoms with van der Waals surface area (Å²) < 4.78 is 5.94. The molecule has 2 atom stereocenters. The summed E-state index contributed by atoms with van der Waals surface area (Å²) >= 11 is 5.96. The van der Waals surface area contributed by atoms with E-state index in [0.29, 0.717) is 37.4 Å². The van der Waals surface area contributed by atoms with Crippen LogP contribution in [0, 0.1) is 11.8 Å². The average molecular weight is 352 g/mol. The zero-order valence-electron chi connectivity index (χ0n) is 13.5. The number of ether oxygens (including phenoxy) is 1. The van der Waals surface area contributed by atoms with E-state index in [2.05, 4.69) is 0 Å². The zero-order valence-corrected chi connectivity index (χ0v) is 14.2. The van der Waals surface area contributed by atoms with Crippen LogP contribution in [0.1, 0.15) is 32.1 Å². The highest BCUT2D eigenvalue weighted by atomic mass is 35.5. The third kappa shape index (κ3) is 4.01. The molecule has 1 aliphatic carbocycles. The van der Waals surface area contributed by atoms with Crippen LogP contribution in [0.5, 0.6) is 5.75 Å². The minimum atomic E-state index is -0.779. The van der Waals surface area contributed by atoms with E-state index in [4.69, 9.17) is 21.4 Å². The van der Waals surface area contributed by atoms with Crippen molar-refractivity contribution in [2.45, 2.75) is 38.2 Å². The van der Waals surface area contributed by atoms with Gasteiger partial charge >= 0.3 is 5.97 Å². The van der Waals surface area contributed by atoms with Crippen molar-refractivity contribution in [3.63, 3.8) is 0 Å². The summed E-state index contributed by atoms with van der Waals surface area (Å²) in [7, 11) is 0. The van der Waals surface area contributed by atoms with Crippen molar-refractivity contribution in [1.82, 2.24) is 4.90 Å². The summed E-state index contributed by atoms with van der Waals surface area (Å²) in [5, 5.41) is 9.71. The number of nitrogens with zero attached hydrogens (tertiary/aromatic N) is 1. The van der Waals surface area contributed by atoms with E-state index in [1.807, 2.05) is 23.1 Å². The fourth-order valence-electron chi connectivity index (χ4n) is 3.62. The van der Waals surface area contributed by atoms with Gasteiger partial charge in [0.2, 0.25) is 5.91 Å². The van der Waals surface area contributed by atoms with Crippen molar-refractivity contribution in [1.29, 1.82) is 0 Å². The van der Waals surface area contributed by atoms with Crippen molar-refractivity contribution in [3.8, 4) is 5.75 Å². The third-order valence-corrected chi connectivity index (χ3v) is 5.22. The highest BCUT2D eigenvalue weighted by molar-refractivity contribution is 6.30. The van der Waals surface area contributed by atoms with Crippen LogP contribution in [0.4, 0.5) is 0 Å². The van der Waals surface area contributed by atoms with E-state index in [1.54, 1.807) is 6.07 Å². The molecule has 1 heterocycles. The summed E-state index contributed by atoms with van der Waals surface area (Å²) in [4.78, 5) is 25.5. The Balaban J connectivity index is 1.48. The Hall–Kier alpha value is -1.75. The van der Waals surface area contributed by atoms with Gasteiger partial charge in [0.25, 0.3) is 0 Å². The number of rotatable bonds is 4. The molecule has 2 aliphatic rings. The standard InChI is InChI=1S/C18H22ClNO4/c19-14-2-1-3-16(11-14)24-15-6-8-20(9-7-15)17(21)12-4-5-13(10-12)18(22)23/h1-3,11-13,15H,4-10H2,(H,22,23)/t12-,13+/m0/s1. The second-order valence-corrected chi connectivity index (χ2v) is 7.08. The van der Waals surface area contributed by atoms with Crippen LogP contribution in [0.25, 0.3) is 0 Å². The molecule has 0 bridgehead atoms. The first-order valence-electron chi connectivity index (χ1n) is 8.46. The Labute approximate surface area is 146 Å². The first kappa shape index (κ1) is 17.1. The molecule has 0 unspecified atom stereocenters. The molecule has 1 aliphatic heterocycles. The number of hydrogen-bond acceptors (Lipinski definition) is 3. The van der Waals surface area contributed by atoms with E-state index in [0.717, 1.165) is 18.6 Å². The quantitative estimate of drug-likeness (QED) is 0.904. The smallest absolute Gasteiger partial charge is 0.306 e. The molecule has 2 fully saturated rings. The first-order valence-corrected chi connectivity index (χ1v) is 8.84. The predicted octanol–water partition coefficient (Wildman–Crippen LogP) is 3.21. The molecule has 1 aromatic rings. The second-order valence-electron chi connectivity index (χ2n) is 6.65. The number of aliphatic carboxylic acids is 1. The van der Waals surface area contributed by atoms with E-state index in [1.165, 1.54) is 0 Å². The van der Waals surface area contributed by atoms with Crippen molar-refractivity contribution in [2.75, 3.05) is 13.1 Å². The molecule has 1 aromatic carbocycles. The Kier molecular flexibility index (Phi) is 5.29. The van der Waals surface area contributed by atoms with Crippen LogP contribution in [0.2, 0.25) is 5.02 Å². The van der Waals surface area contributed by atoms with Gasteiger partial charge in [-0.05, 0) is 37.5 Å². The summed E-state index contributed by atoms with van der Waals surface area (Å²) in [5.74, 6) is -0.398. The Morgan fingerprint density at radius 3 is 2.46 bits per heavy atom. The molecule has 5 nitrogen and oxygen atoms in total. The largest absolute Gasteiger partial charge is 0.490 e. The van der Waals surface area contributed by atoms with Gasteiger partial charge in [0.1, 0.15) is 11.9 Å². The van der Waals surface area contributed by atoms with E-state index < -0.39 is 5.97 Å². The van der Waals surface area contributed by atoms with Gasteiger partial charge in [0.15, 0.2) is 0 Å². The summed E-state index contributed by atoms with van der Waals surface area (Å²) in [6, 6.07) is 7.34. The lowest BCUT2D eigenvalue weighted by molar-refractivity contribution is -0.141. The third-order valence-electron chi connectivity index (χ3n) is 4.98. The zero-order chi connectivity index (χ0) is 17.1. The fourth-order valence-corrected chi connectivity index (χ4v) is 3.80. The molecule has 130 valence electrons. The van der Waals surface area contributed by atoms with E-state index >= 15 is 0 Å². The number of hydrogen-bond donors (Lipinski definition) is 1. The molecule has 1 amide bonds. The lowest BCUT2D eigenvalue weighted by Gasteiger charge is -2.33. The van der Waals surface area contributed by atoms with Gasteiger partial charge in [-0.25, -0.2) is 0 Å². The van der Waals surface area contributed by atoms with Crippen LogP contribution in [0.15, 0.2) is 24.3 Å². The van der Waals surface area contributed by atoms with Gasteiger partial charge in [-0.3, -0.25) is 9.59 Å². The Morgan fingerprint density at radius 2 is 1.83 bits per heavy atom. The topological polar surface area (TPSA) is 66.8 Å². The lowest BCUT2D eigenvalue weighted by atomic mass is 10.0. The molecule has 0 aromatic heterocycles. The number of carbonyl (C=O) groups is 2. The maximum absolute atomic E-state index is 12.6. The van der Waals surface area contributed by atoms with Gasteiger partial charge in [-0.2, -0.15) is 0 Å². The van der Waals surface area contributed by atoms with E-state index in [9.17, 15) is 9.59 Å². The molecule has 6 heteroatoms. The van der Waals surface area contributed by atoms with Gasteiger partial charge in [0.05, 0.1) is 5.92 Å². The number of amides is 1. The molecular weight excluding hydrogens is 330 g/mol. The lowest BCUT2D eigenvalue weighted by Crippen LogP contribution is -2.44. The maximum atomic E-state index is 12.6. The van der Waals surface area contributed by atoms with Gasteiger partial charge in [-0.1, -0.05) is 17.7 Å². The summed E-state index contributed by atoms with van der Waals surface area (Å²) in [6.07, 6.45) is 3.44.